The van der Waals surface area contributed by atoms with Crippen LogP contribution in [0.2, 0.25) is 0 Å². The quantitative estimate of drug-likeness (QED) is 0.835. The van der Waals surface area contributed by atoms with E-state index < -0.39 is 11.9 Å². The van der Waals surface area contributed by atoms with Gasteiger partial charge >= 0.3 is 5.69 Å². The molecule has 21 heavy (non-hydrogen) atoms. The Morgan fingerprint density at radius 2 is 2.10 bits per heavy atom. The zero-order valence-electron chi connectivity index (χ0n) is 11.6. The number of nitrogens with one attached hydrogen (secondary N) is 1. The van der Waals surface area contributed by atoms with Crippen LogP contribution in [0.25, 0.3) is 17.1 Å². The van der Waals surface area contributed by atoms with Gasteiger partial charge in [-0.05, 0) is 18.1 Å². The first kappa shape index (κ1) is 13.4. The van der Waals surface area contributed by atoms with Crippen molar-refractivity contribution in [3.8, 4) is 0 Å². The Morgan fingerprint density at radius 1 is 1.33 bits per heavy atom. The molecule has 6 nitrogen and oxygen atoms in total. The van der Waals surface area contributed by atoms with Crippen molar-refractivity contribution in [2.45, 2.75) is 18.9 Å². The lowest BCUT2D eigenvalue weighted by Gasteiger charge is -2.21. The van der Waals surface area contributed by atoms with Crippen molar-refractivity contribution in [3.63, 3.8) is 0 Å². The van der Waals surface area contributed by atoms with E-state index in [1.807, 2.05) is 12.1 Å². The molecule has 0 bridgehead atoms. The average molecular weight is 285 g/mol. The van der Waals surface area contributed by atoms with Crippen LogP contribution in [-0.4, -0.2) is 20.9 Å². The first-order chi connectivity index (χ1) is 10.0. The number of piperidine rings is 1. The Morgan fingerprint density at radius 3 is 2.76 bits per heavy atom. The fourth-order valence-electron chi connectivity index (χ4n) is 2.86. The maximum atomic E-state index is 12.5. The third kappa shape index (κ3) is 1.91. The molecule has 0 spiro atoms. The van der Waals surface area contributed by atoms with Crippen molar-refractivity contribution in [2.24, 2.45) is 7.05 Å². The van der Waals surface area contributed by atoms with Gasteiger partial charge in [-0.15, -0.1) is 0 Å². The number of carbonyl (C=O) groups excluding carboxylic acids is 2. The summed E-state index contributed by atoms with van der Waals surface area (Å²) in [5.74, 6) is -0.721. The van der Waals surface area contributed by atoms with Crippen LogP contribution in [0.15, 0.2) is 29.6 Å². The Balaban J connectivity index is 2.27. The van der Waals surface area contributed by atoms with Crippen molar-refractivity contribution in [2.75, 3.05) is 0 Å². The fraction of sp³-hybridized carbons (Fsp3) is 0.267. The number of imidazole rings is 1. The number of benzene rings is 1. The maximum absolute atomic E-state index is 12.5. The molecule has 1 aromatic carbocycles. The molecule has 6 heteroatoms. The third-order valence-electron chi connectivity index (χ3n) is 3.88. The Labute approximate surface area is 120 Å². The molecule has 2 amide bonds. The number of fused-ring (bicyclic) bond motifs is 1. The zero-order valence-corrected chi connectivity index (χ0v) is 11.6. The molecular weight excluding hydrogens is 270 g/mol. The molecule has 108 valence electrons. The van der Waals surface area contributed by atoms with Gasteiger partial charge in [-0.3, -0.25) is 24.0 Å². The molecule has 1 saturated heterocycles. The van der Waals surface area contributed by atoms with Crippen LogP contribution in [0.3, 0.4) is 0 Å². The maximum Gasteiger partial charge on any atom is 0.329 e. The molecule has 1 aliphatic heterocycles. The van der Waals surface area contributed by atoms with Crippen LogP contribution in [0.4, 0.5) is 0 Å². The summed E-state index contributed by atoms with van der Waals surface area (Å²) in [4.78, 5) is 35.8. The van der Waals surface area contributed by atoms with Crippen molar-refractivity contribution >= 4 is 28.9 Å². The predicted molar refractivity (Wildman–Crippen MR) is 78.7 cm³/mol. The van der Waals surface area contributed by atoms with Crippen LogP contribution in [0.5, 0.6) is 0 Å². The van der Waals surface area contributed by atoms with Gasteiger partial charge in [-0.1, -0.05) is 24.8 Å². The number of imide groups is 1. The van der Waals surface area contributed by atoms with E-state index in [2.05, 4.69) is 11.9 Å². The molecule has 1 aliphatic rings. The van der Waals surface area contributed by atoms with Gasteiger partial charge in [0.15, 0.2) is 0 Å². The summed E-state index contributed by atoms with van der Waals surface area (Å²) >= 11 is 0. The van der Waals surface area contributed by atoms with Crippen LogP contribution in [0.1, 0.15) is 24.4 Å². The first-order valence-corrected chi connectivity index (χ1v) is 6.70. The summed E-state index contributed by atoms with van der Waals surface area (Å²) in [6.45, 7) is 3.75. The number of hydrogen-bond donors (Lipinski definition) is 1. The highest BCUT2D eigenvalue weighted by Crippen LogP contribution is 2.25. The van der Waals surface area contributed by atoms with Gasteiger partial charge in [0.05, 0.1) is 11.0 Å². The zero-order chi connectivity index (χ0) is 15.1. The molecule has 0 saturated carbocycles. The van der Waals surface area contributed by atoms with Gasteiger partial charge in [0, 0.05) is 13.5 Å². The molecule has 0 aliphatic carbocycles. The molecule has 1 N–H and O–H groups in total. The van der Waals surface area contributed by atoms with Gasteiger partial charge in [-0.2, -0.15) is 0 Å². The standard InChI is InChI=1S/C15H15N3O3/c1-3-9-5-4-6-10-13(9)17(2)15(21)18(10)11-7-8-12(19)16-14(11)20/h3-6,11H,1,7-8H2,2H3,(H,16,19,20). The first-order valence-electron chi connectivity index (χ1n) is 6.70. The van der Waals surface area contributed by atoms with E-state index >= 15 is 0 Å². The second-order valence-corrected chi connectivity index (χ2v) is 5.10. The lowest BCUT2D eigenvalue weighted by molar-refractivity contribution is -0.135. The Hall–Kier alpha value is -2.63. The molecule has 3 rings (SSSR count). The van der Waals surface area contributed by atoms with Gasteiger partial charge in [0.25, 0.3) is 0 Å². The van der Waals surface area contributed by atoms with Crippen molar-refractivity contribution in [1.82, 2.24) is 14.5 Å². The second-order valence-electron chi connectivity index (χ2n) is 5.10. The van der Waals surface area contributed by atoms with Crippen LogP contribution >= 0.6 is 0 Å². The lowest BCUT2D eigenvalue weighted by atomic mass is 10.1. The fourth-order valence-corrected chi connectivity index (χ4v) is 2.86. The number of nitrogens with zero attached hydrogens (tertiary/aromatic N) is 2. The van der Waals surface area contributed by atoms with Crippen molar-refractivity contribution in [1.29, 1.82) is 0 Å². The molecule has 2 aromatic rings. The lowest BCUT2D eigenvalue weighted by Crippen LogP contribution is -2.44. The number of aromatic nitrogens is 2. The van der Waals surface area contributed by atoms with E-state index in [-0.39, 0.29) is 18.0 Å². The van der Waals surface area contributed by atoms with Gasteiger partial charge in [0.1, 0.15) is 6.04 Å². The van der Waals surface area contributed by atoms with Crippen molar-refractivity contribution < 1.29 is 9.59 Å². The van der Waals surface area contributed by atoms with Gasteiger partial charge in [-0.25, -0.2) is 4.79 Å². The SMILES string of the molecule is C=Cc1cccc2c1n(C)c(=O)n2C1CCC(=O)NC1=O. The number of amides is 2. The topological polar surface area (TPSA) is 73.1 Å². The van der Waals surface area contributed by atoms with E-state index in [4.69, 9.17) is 0 Å². The van der Waals surface area contributed by atoms with Crippen LogP contribution in [0, 0.1) is 0 Å². The summed E-state index contributed by atoms with van der Waals surface area (Å²) < 4.78 is 2.97. The third-order valence-corrected chi connectivity index (χ3v) is 3.88. The minimum absolute atomic E-state index is 0.236. The minimum Gasteiger partial charge on any atom is -0.295 e. The smallest absolute Gasteiger partial charge is 0.295 e. The van der Waals surface area contributed by atoms with Gasteiger partial charge < -0.3 is 0 Å². The highest BCUT2D eigenvalue weighted by molar-refractivity contribution is 6.00. The van der Waals surface area contributed by atoms with E-state index in [0.29, 0.717) is 11.9 Å². The summed E-state index contributed by atoms with van der Waals surface area (Å²) in [6, 6.07) is 4.83. The number of carbonyl (C=O) groups is 2. The molecule has 0 radical (unpaired) electrons. The minimum atomic E-state index is -0.654. The van der Waals surface area contributed by atoms with E-state index in [1.54, 1.807) is 19.2 Å². The Kier molecular flexibility index (Phi) is 3.01. The number of para-hydroxylation sites is 1. The molecule has 1 atom stereocenters. The molecule has 1 unspecified atom stereocenters. The average Bonchev–Trinajstić information content (AvgIpc) is 2.72. The molecular formula is C15H15N3O3. The van der Waals surface area contributed by atoms with E-state index in [9.17, 15) is 14.4 Å². The highest BCUT2D eigenvalue weighted by Gasteiger charge is 2.31. The van der Waals surface area contributed by atoms with Crippen LogP contribution < -0.4 is 11.0 Å². The summed E-state index contributed by atoms with van der Waals surface area (Å²) in [5.41, 5.74) is 1.98. The molecule has 1 fully saturated rings. The summed E-state index contributed by atoms with van der Waals surface area (Å²) in [7, 11) is 1.67. The van der Waals surface area contributed by atoms with Crippen molar-refractivity contribution in [3.05, 3.63) is 40.8 Å². The van der Waals surface area contributed by atoms with E-state index in [0.717, 1.165) is 11.1 Å². The Bertz CT molecular complexity index is 829. The monoisotopic (exact) mass is 285 g/mol. The number of aryl methyl sites for hydroxylation is 1. The normalized spacial score (nSPS) is 18.8. The second kappa shape index (κ2) is 4.73. The number of rotatable bonds is 2. The van der Waals surface area contributed by atoms with E-state index in [1.165, 1.54) is 9.13 Å². The summed E-state index contributed by atoms with van der Waals surface area (Å²) in [6.07, 6.45) is 2.25. The highest BCUT2D eigenvalue weighted by atomic mass is 16.2. The molecule has 2 heterocycles. The largest absolute Gasteiger partial charge is 0.329 e. The predicted octanol–water partition coefficient (Wildman–Crippen LogP) is 0.961. The molecule has 1 aromatic heterocycles. The number of hydrogen-bond acceptors (Lipinski definition) is 3. The summed E-state index contributed by atoms with van der Waals surface area (Å²) in [5, 5.41) is 2.29. The van der Waals surface area contributed by atoms with Gasteiger partial charge in [0.2, 0.25) is 11.8 Å². The van der Waals surface area contributed by atoms with Crippen LogP contribution in [-0.2, 0) is 16.6 Å².